The predicted octanol–water partition coefficient (Wildman–Crippen LogP) is 4.64. The van der Waals surface area contributed by atoms with E-state index in [1.807, 2.05) is 0 Å². The van der Waals surface area contributed by atoms with E-state index < -0.39 is 0 Å². The molecule has 0 radical (unpaired) electrons. The minimum absolute atomic E-state index is 0.0711. The van der Waals surface area contributed by atoms with Gasteiger partial charge >= 0.3 is 0 Å². The van der Waals surface area contributed by atoms with Crippen molar-refractivity contribution in [2.45, 2.75) is 26.3 Å². The summed E-state index contributed by atoms with van der Waals surface area (Å²) in [5.41, 5.74) is 0.611. The molecule has 0 spiro atoms. The van der Waals surface area contributed by atoms with Crippen LogP contribution in [0.2, 0.25) is 5.02 Å². The van der Waals surface area contributed by atoms with Crippen LogP contribution >= 0.6 is 43.5 Å². The van der Waals surface area contributed by atoms with E-state index in [0.29, 0.717) is 21.0 Å². The van der Waals surface area contributed by atoms with Gasteiger partial charge in [-0.1, -0.05) is 41.4 Å². The average molecular weight is 398 g/mol. The smallest absolute Gasteiger partial charge is 0.252 e. The molecule has 1 aromatic carbocycles. The molecule has 1 atom stereocenters. The number of benzene rings is 1. The Bertz CT molecular complexity index is 423. The first-order valence-corrected chi connectivity index (χ1v) is 8.06. The first-order chi connectivity index (χ1) is 8.45. The second kappa shape index (κ2) is 7.51. The summed E-state index contributed by atoms with van der Waals surface area (Å²) in [5, 5.41) is 4.54. The lowest BCUT2D eigenvalue weighted by Crippen LogP contribution is -2.39. The summed E-state index contributed by atoms with van der Waals surface area (Å²) in [6, 6.07) is 5.34. The number of halogens is 3. The molecule has 0 heterocycles. The van der Waals surface area contributed by atoms with Gasteiger partial charge in [0.05, 0.1) is 5.56 Å². The lowest BCUT2D eigenvalue weighted by Gasteiger charge is -2.21. The van der Waals surface area contributed by atoms with Crippen molar-refractivity contribution in [3.63, 3.8) is 0 Å². The summed E-state index contributed by atoms with van der Waals surface area (Å²) in [6.07, 6.45) is 0.911. The van der Waals surface area contributed by atoms with Crippen LogP contribution in [0.15, 0.2) is 22.7 Å². The van der Waals surface area contributed by atoms with Gasteiger partial charge in [0.25, 0.3) is 5.91 Å². The van der Waals surface area contributed by atoms with Gasteiger partial charge in [-0.25, -0.2) is 0 Å². The van der Waals surface area contributed by atoms with Crippen LogP contribution in [0.3, 0.4) is 0 Å². The fraction of sp³-hybridized carbons (Fsp3) is 0.462. The second-order valence-electron chi connectivity index (χ2n) is 4.43. The lowest BCUT2D eigenvalue weighted by molar-refractivity contribution is 0.0924. The summed E-state index contributed by atoms with van der Waals surface area (Å²) in [6.45, 7) is 4.20. The van der Waals surface area contributed by atoms with Crippen molar-refractivity contribution in [3.05, 3.63) is 33.3 Å². The number of rotatable bonds is 5. The number of nitrogens with one attached hydrogen (secondary N) is 1. The molecule has 1 amide bonds. The third-order valence-corrected chi connectivity index (χ3v) is 4.07. The Morgan fingerprint density at radius 3 is 2.61 bits per heavy atom. The Hall–Kier alpha value is -0.0600. The van der Waals surface area contributed by atoms with E-state index in [9.17, 15) is 4.79 Å². The molecule has 5 heteroatoms. The van der Waals surface area contributed by atoms with E-state index in [4.69, 9.17) is 11.6 Å². The van der Waals surface area contributed by atoms with Crippen LogP contribution in [-0.4, -0.2) is 17.3 Å². The Balaban J connectivity index is 2.80. The van der Waals surface area contributed by atoms with Crippen LogP contribution in [0.4, 0.5) is 0 Å². The third kappa shape index (κ3) is 4.56. The van der Waals surface area contributed by atoms with E-state index in [-0.39, 0.29) is 11.9 Å². The monoisotopic (exact) mass is 395 g/mol. The highest BCUT2D eigenvalue weighted by Crippen LogP contribution is 2.22. The lowest BCUT2D eigenvalue weighted by atomic mass is 10.0. The summed E-state index contributed by atoms with van der Waals surface area (Å²) in [5.74, 6) is 0.329. The second-order valence-corrected chi connectivity index (χ2v) is 6.51. The first kappa shape index (κ1) is 16.0. The molecular formula is C13H16Br2ClNO. The molecule has 0 bridgehead atoms. The summed E-state index contributed by atoms with van der Waals surface area (Å²) < 4.78 is 0.717. The number of amides is 1. The molecule has 1 N–H and O–H groups in total. The molecule has 2 nitrogen and oxygen atoms in total. The largest absolute Gasteiger partial charge is 0.349 e. The van der Waals surface area contributed by atoms with E-state index in [2.05, 4.69) is 51.0 Å². The fourth-order valence-corrected chi connectivity index (χ4v) is 2.97. The highest BCUT2D eigenvalue weighted by atomic mass is 79.9. The highest BCUT2D eigenvalue weighted by molar-refractivity contribution is 9.10. The van der Waals surface area contributed by atoms with Gasteiger partial charge in [0.1, 0.15) is 0 Å². The zero-order chi connectivity index (χ0) is 13.7. The van der Waals surface area contributed by atoms with Gasteiger partial charge in [-0.3, -0.25) is 4.79 Å². The summed E-state index contributed by atoms with van der Waals surface area (Å²) in [4.78, 5) is 12.2. The Morgan fingerprint density at radius 1 is 1.44 bits per heavy atom. The van der Waals surface area contributed by atoms with Gasteiger partial charge in [0.15, 0.2) is 0 Å². The maximum atomic E-state index is 12.2. The van der Waals surface area contributed by atoms with Crippen LogP contribution in [0, 0.1) is 5.92 Å². The molecule has 0 aliphatic carbocycles. The third-order valence-electron chi connectivity index (χ3n) is 2.72. The van der Waals surface area contributed by atoms with Gasteiger partial charge in [0.2, 0.25) is 0 Å². The van der Waals surface area contributed by atoms with Crippen molar-refractivity contribution in [1.29, 1.82) is 0 Å². The molecule has 0 fully saturated rings. The van der Waals surface area contributed by atoms with Crippen LogP contribution in [-0.2, 0) is 0 Å². The van der Waals surface area contributed by atoms with Crippen molar-refractivity contribution >= 4 is 49.4 Å². The average Bonchev–Trinajstić information content (AvgIpc) is 2.27. The molecule has 0 aromatic heterocycles. The number of hydrogen-bond donors (Lipinski definition) is 1. The number of carbonyl (C=O) groups excluding carboxylic acids is 1. The van der Waals surface area contributed by atoms with Gasteiger partial charge in [-0.15, -0.1) is 0 Å². The molecule has 0 saturated carbocycles. The molecule has 0 saturated heterocycles. The van der Waals surface area contributed by atoms with Gasteiger partial charge in [-0.05, 0) is 46.5 Å². The topological polar surface area (TPSA) is 29.1 Å². The maximum absolute atomic E-state index is 12.2. The zero-order valence-corrected chi connectivity index (χ0v) is 14.3. The van der Waals surface area contributed by atoms with Crippen molar-refractivity contribution < 1.29 is 4.79 Å². The standard InChI is InChI=1S/C13H16Br2ClNO/c1-8(2)12(5-6-14)17-13(18)10-4-3-9(16)7-11(10)15/h3-4,7-8,12H,5-6H2,1-2H3,(H,17,18). The van der Waals surface area contributed by atoms with E-state index >= 15 is 0 Å². The highest BCUT2D eigenvalue weighted by Gasteiger charge is 2.18. The number of carbonyl (C=O) groups is 1. The molecule has 18 heavy (non-hydrogen) atoms. The van der Waals surface area contributed by atoms with Crippen LogP contribution in [0.5, 0.6) is 0 Å². The Kier molecular flexibility index (Phi) is 6.67. The van der Waals surface area contributed by atoms with E-state index in [0.717, 1.165) is 11.8 Å². The Morgan fingerprint density at radius 2 is 2.11 bits per heavy atom. The number of alkyl halides is 1. The molecule has 0 aliphatic heterocycles. The quantitative estimate of drug-likeness (QED) is 0.721. The van der Waals surface area contributed by atoms with E-state index in [1.165, 1.54) is 0 Å². The van der Waals surface area contributed by atoms with Crippen LogP contribution in [0.1, 0.15) is 30.6 Å². The minimum Gasteiger partial charge on any atom is -0.349 e. The van der Waals surface area contributed by atoms with Crippen LogP contribution < -0.4 is 5.32 Å². The SMILES string of the molecule is CC(C)C(CCBr)NC(=O)c1ccc(Cl)cc1Br. The molecule has 1 rings (SSSR count). The van der Waals surface area contributed by atoms with Crippen LogP contribution in [0.25, 0.3) is 0 Å². The first-order valence-electron chi connectivity index (χ1n) is 5.77. The van der Waals surface area contributed by atoms with Gasteiger partial charge in [0, 0.05) is 20.9 Å². The molecule has 100 valence electrons. The van der Waals surface area contributed by atoms with Crippen molar-refractivity contribution in [3.8, 4) is 0 Å². The molecule has 1 aromatic rings. The van der Waals surface area contributed by atoms with Crippen molar-refractivity contribution in [2.24, 2.45) is 5.92 Å². The zero-order valence-electron chi connectivity index (χ0n) is 10.3. The number of hydrogen-bond acceptors (Lipinski definition) is 1. The summed E-state index contributed by atoms with van der Waals surface area (Å²) >= 11 is 12.6. The van der Waals surface area contributed by atoms with Crippen molar-refractivity contribution in [2.75, 3.05) is 5.33 Å². The Labute approximate surface area is 130 Å². The predicted molar refractivity (Wildman–Crippen MR) is 83.7 cm³/mol. The fourth-order valence-electron chi connectivity index (χ4n) is 1.61. The van der Waals surface area contributed by atoms with Gasteiger partial charge in [-0.2, -0.15) is 0 Å². The molecule has 0 aliphatic rings. The minimum atomic E-state index is -0.0711. The van der Waals surface area contributed by atoms with E-state index in [1.54, 1.807) is 18.2 Å². The van der Waals surface area contributed by atoms with Gasteiger partial charge < -0.3 is 5.32 Å². The maximum Gasteiger partial charge on any atom is 0.252 e. The van der Waals surface area contributed by atoms with Crippen molar-refractivity contribution in [1.82, 2.24) is 5.32 Å². The summed E-state index contributed by atoms with van der Waals surface area (Å²) in [7, 11) is 0. The molecular weight excluding hydrogens is 381 g/mol. The normalized spacial score (nSPS) is 12.6. The molecule has 1 unspecified atom stereocenters.